The molecule has 7 heteroatoms. The lowest BCUT2D eigenvalue weighted by atomic mass is 10.1. The van der Waals surface area contributed by atoms with Gasteiger partial charge in [0.05, 0.1) is 18.2 Å². The number of esters is 1. The standard InChI is InChI=1S/C21H19ClINO4/c1-11(2)27-19-15(22)8-13(10-18(19)26-4)9-17-21(25)28-20(24-17)14-5-6-16(23)12(3)7-14/h5-11H,1-4H3/b17-9-. The highest BCUT2D eigenvalue weighted by Crippen LogP contribution is 2.38. The zero-order valence-corrected chi connectivity index (χ0v) is 18.8. The first kappa shape index (κ1) is 20.7. The van der Waals surface area contributed by atoms with Crippen LogP contribution in [0.2, 0.25) is 5.02 Å². The number of methoxy groups -OCH3 is 1. The molecule has 0 bridgehead atoms. The molecule has 0 aliphatic carbocycles. The number of hydrogen-bond acceptors (Lipinski definition) is 5. The van der Waals surface area contributed by atoms with Crippen molar-refractivity contribution in [3.05, 3.63) is 61.3 Å². The molecule has 2 aromatic rings. The fraction of sp³-hybridized carbons (Fsp3) is 0.238. The Morgan fingerprint density at radius 2 is 2.00 bits per heavy atom. The molecule has 1 aliphatic heterocycles. The van der Waals surface area contributed by atoms with Crippen molar-refractivity contribution in [1.29, 1.82) is 0 Å². The van der Waals surface area contributed by atoms with E-state index in [1.807, 2.05) is 39.0 Å². The van der Waals surface area contributed by atoms with Crippen LogP contribution in [0.1, 0.15) is 30.5 Å². The molecular formula is C21H19ClINO4. The number of carbonyl (C=O) groups is 1. The van der Waals surface area contributed by atoms with E-state index in [0.29, 0.717) is 22.1 Å². The minimum Gasteiger partial charge on any atom is -0.493 e. The van der Waals surface area contributed by atoms with Gasteiger partial charge in [-0.15, -0.1) is 0 Å². The van der Waals surface area contributed by atoms with Crippen LogP contribution in [0, 0.1) is 10.5 Å². The maximum Gasteiger partial charge on any atom is 0.363 e. The third kappa shape index (κ3) is 4.50. The van der Waals surface area contributed by atoms with Gasteiger partial charge in [0.25, 0.3) is 0 Å². The van der Waals surface area contributed by atoms with Gasteiger partial charge in [0, 0.05) is 9.13 Å². The Morgan fingerprint density at radius 3 is 2.64 bits per heavy atom. The first-order valence-electron chi connectivity index (χ1n) is 8.61. The number of halogens is 2. The third-order valence-corrected chi connectivity index (χ3v) is 5.43. The number of aryl methyl sites for hydroxylation is 1. The molecule has 0 saturated heterocycles. The quantitative estimate of drug-likeness (QED) is 0.307. The summed E-state index contributed by atoms with van der Waals surface area (Å²) in [4.78, 5) is 16.6. The van der Waals surface area contributed by atoms with Crippen LogP contribution >= 0.6 is 34.2 Å². The molecule has 2 aromatic carbocycles. The molecule has 0 unspecified atom stereocenters. The van der Waals surface area contributed by atoms with Gasteiger partial charge in [-0.1, -0.05) is 11.6 Å². The van der Waals surface area contributed by atoms with Gasteiger partial charge in [0.2, 0.25) is 5.90 Å². The van der Waals surface area contributed by atoms with Crippen molar-refractivity contribution in [3.8, 4) is 11.5 Å². The summed E-state index contributed by atoms with van der Waals surface area (Å²) in [6.07, 6.45) is 1.56. The van der Waals surface area contributed by atoms with Gasteiger partial charge in [-0.05, 0) is 90.9 Å². The Labute approximate surface area is 182 Å². The van der Waals surface area contributed by atoms with Gasteiger partial charge in [-0.3, -0.25) is 0 Å². The largest absolute Gasteiger partial charge is 0.493 e. The van der Waals surface area contributed by atoms with Crippen molar-refractivity contribution in [1.82, 2.24) is 0 Å². The molecule has 0 amide bonds. The summed E-state index contributed by atoms with van der Waals surface area (Å²) in [5.41, 5.74) is 2.70. The zero-order chi connectivity index (χ0) is 20.4. The lowest BCUT2D eigenvalue weighted by Gasteiger charge is -2.15. The number of carbonyl (C=O) groups excluding carboxylic acids is 1. The third-order valence-electron chi connectivity index (χ3n) is 3.93. The van der Waals surface area contributed by atoms with Crippen LogP contribution < -0.4 is 9.47 Å². The maximum absolute atomic E-state index is 12.3. The molecule has 0 fully saturated rings. The molecular weight excluding hydrogens is 493 g/mol. The van der Waals surface area contributed by atoms with E-state index in [4.69, 9.17) is 25.8 Å². The van der Waals surface area contributed by atoms with E-state index in [-0.39, 0.29) is 17.7 Å². The fourth-order valence-electron chi connectivity index (χ4n) is 2.64. The topological polar surface area (TPSA) is 57.1 Å². The number of cyclic esters (lactones) is 1. The molecule has 0 N–H and O–H groups in total. The van der Waals surface area contributed by atoms with E-state index in [0.717, 1.165) is 14.7 Å². The number of aliphatic imine (C=N–C) groups is 1. The smallest absolute Gasteiger partial charge is 0.363 e. The van der Waals surface area contributed by atoms with E-state index in [2.05, 4.69) is 27.6 Å². The average Bonchev–Trinajstić information content (AvgIpc) is 2.99. The second kappa shape index (κ2) is 8.53. The number of nitrogens with zero attached hydrogens (tertiary/aromatic N) is 1. The zero-order valence-electron chi connectivity index (χ0n) is 15.9. The van der Waals surface area contributed by atoms with Crippen molar-refractivity contribution in [2.24, 2.45) is 4.99 Å². The van der Waals surface area contributed by atoms with E-state index >= 15 is 0 Å². The lowest BCUT2D eigenvalue weighted by molar-refractivity contribution is -0.129. The molecule has 0 atom stereocenters. The lowest BCUT2D eigenvalue weighted by Crippen LogP contribution is -2.07. The Morgan fingerprint density at radius 1 is 1.25 bits per heavy atom. The summed E-state index contributed by atoms with van der Waals surface area (Å²) in [5, 5.41) is 0.392. The van der Waals surface area contributed by atoms with E-state index in [9.17, 15) is 4.79 Å². The second-order valence-corrected chi connectivity index (χ2v) is 8.07. The van der Waals surface area contributed by atoms with Crippen LogP contribution in [0.15, 0.2) is 41.0 Å². The molecule has 0 aromatic heterocycles. The van der Waals surface area contributed by atoms with Gasteiger partial charge in [-0.2, -0.15) is 0 Å². The van der Waals surface area contributed by atoms with Crippen molar-refractivity contribution in [2.75, 3.05) is 7.11 Å². The Kier molecular flexibility index (Phi) is 6.30. The maximum atomic E-state index is 12.3. The van der Waals surface area contributed by atoms with Crippen molar-refractivity contribution in [2.45, 2.75) is 26.9 Å². The van der Waals surface area contributed by atoms with Gasteiger partial charge < -0.3 is 14.2 Å². The average molecular weight is 512 g/mol. The number of ether oxygens (including phenoxy) is 3. The molecule has 0 spiro atoms. The van der Waals surface area contributed by atoms with Crippen LogP contribution in [-0.2, 0) is 9.53 Å². The SMILES string of the molecule is COc1cc(/C=C2\N=C(c3ccc(I)c(C)c3)OC2=O)cc(Cl)c1OC(C)C. The Balaban J connectivity index is 1.96. The summed E-state index contributed by atoms with van der Waals surface area (Å²) in [5.74, 6) is 0.725. The van der Waals surface area contributed by atoms with E-state index in [1.165, 1.54) is 7.11 Å². The minimum absolute atomic E-state index is 0.0510. The van der Waals surface area contributed by atoms with Crippen molar-refractivity contribution < 1.29 is 19.0 Å². The van der Waals surface area contributed by atoms with Gasteiger partial charge in [-0.25, -0.2) is 9.79 Å². The summed E-state index contributed by atoms with van der Waals surface area (Å²) < 4.78 is 17.6. The first-order valence-corrected chi connectivity index (χ1v) is 10.1. The molecule has 1 heterocycles. The number of hydrogen-bond donors (Lipinski definition) is 0. The van der Waals surface area contributed by atoms with Crippen molar-refractivity contribution in [3.63, 3.8) is 0 Å². The number of rotatable bonds is 5. The monoisotopic (exact) mass is 511 g/mol. The van der Waals surface area contributed by atoms with E-state index in [1.54, 1.807) is 18.2 Å². The molecule has 28 heavy (non-hydrogen) atoms. The summed E-state index contributed by atoms with van der Waals surface area (Å²) >= 11 is 8.60. The molecule has 0 saturated carbocycles. The fourth-order valence-corrected chi connectivity index (χ4v) is 3.24. The summed E-state index contributed by atoms with van der Waals surface area (Å²) in [7, 11) is 1.54. The highest BCUT2D eigenvalue weighted by Gasteiger charge is 2.25. The summed E-state index contributed by atoms with van der Waals surface area (Å²) in [6.45, 7) is 5.81. The number of benzene rings is 2. The van der Waals surface area contributed by atoms with Gasteiger partial charge in [0.15, 0.2) is 17.2 Å². The Hall–Kier alpha value is -2.06. The van der Waals surface area contributed by atoms with Gasteiger partial charge >= 0.3 is 5.97 Å². The molecule has 146 valence electrons. The molecule has 0 radical (unpaired) electrons. The van der Waals surface area contributed by atoms with Crippen LogP contribution in [0.4, 0.5) is 0 Å². The highest BCUT2D eigenvalue weighted by atomic mass is 127. The Bertz CT molecular complexity index is 998. The van der Waals surface area contributed by atoms with Crippen LogP contribution in [0.5, 0.6) is 11.5 Å². The highest BCUT2D eigenvalue weighted by molar-refractivity contribution is 14.1. The molecule has 5 nitrogen and oxygen atoms in total. The first-order chi connectivity index (χ1) is 13.3. The minimum atomic E-state index is -0.510. The summed E-state index contributed by atoms with van der Waals surface area (Å²) in [6, 6.07) is 9.22. The normalized spacial score (nSPS) is 15.0. The molecule has 3 rings (SSSR count). The van der Waals surface area contributed by atoms with Crippen LogP contribution in [0.25, 0.3) is 6.08 Å². The van der Waals surface area contributed by atoms with Crippen molar-refractivity contribution >= 4 is 52.1 Å². The predicted molar refractivity (Wildman–Crippen MR) is 118 cm³/mol. The predicted octanol–water partition coefficient (Wildman–Crippen LogP) is 5.39. The van der Waals surface area contributed by atoms with Crippen LogP contribution in [0.3, 0.4) is 0 Å². The van der Waals surface area contributed by atoms with E-state index < -0.39 is 5.97 Å². The molecule has 1 aliphatic rings. The van der Waals surface area contributed by atoms with Gasteiger partial charge in [0.1, 0.15) is 0 Å². The van der Waals surface area contributed by atoms with Crippen LogP contribution in [-0.4, -0.2) is 25.1 Å². The second-order valence-electron chi connectivity index (χ2n) is 6.50.